The number of hydrogen-bond donors (Lipinski definition) is 2. The van der Waals surface area contributed by atoms with Gasteiger partial charge in [0.05, 0.1) is 0 Å². The molecule has 0 amide bonds. The van der Waals surface area contributed by atoms with Crippen molar-refractivity contribution >= 4 is 11.8 Å². The van der Waals surface area contributed by atoms with E-state index in [1.165, 1.54) is 18.6 Å². The van der Waals surface area contributed by atoms with Gasteiger partial charge in [-0.15, -0.1) is 0 Å². The summed E-state index contributed by atoms with van der Waals surface area (Å²) in [4.78, 5) is 0. The number of nitrogens with one attached hydrogen (secondary N) is 1. The predicted molar refractivity (Wildman–Crippen MR) is 68.4 cm³/mol. The summed E-state index contributed by atoms with van der Waals surface area (Å²) in [7, 11) is 0. The molecule has 0 bridgehead atoms. The summed E-state index contributed by atoms with van der Waals surface area (Å²) < 4.78 is 0. The fourth-order valence-electron chi connectivity index (χ4n) is 1.97. The second-order valence-electron chi connectivity index (χ2n) is 4.75. The average Bonchev–Trinajstić information content (AvgIpc) is 3.00. The van der Waals surface area contributed by atoms with Crippen molar-refractivity contribution in [1.29, 1.82) is 0 Å². The molecule has 0 aromatic carbocycles. The van der Waals surface area contributed by atoms with E-state index in [1.807, 2.05) is 11.8 Å². The molecule has 15 heavy (non-hydrogen) atoms. The molecule has 1 fully saturated rings. The largest absolute Gasteiger partial charge is 0.396 e. The van der Waals surface area contributed by atoms with Crippen LogP contribution in [0.2, 0.25) is 0 Å². The minimum absolute atomic E-state index is 0.330. The van der Waals surface area contributed by atoms with Crippen molar-refractivity contribution < 1.29 is 5.11 Å². The molecule has 1 atom stereocenters. The zero-order valence-electron chi connectivity index (χ0n) is 10.0. The molecule has 0 spiro atoms. The summed E-state index contributed by atoms with van der Waals surface area (Å²) in [6.07, 6.45) is 3.78. The van der Waals surface area contributed by atoms with Crippen LogP contribution < -0.4 is 5.32 Å². The van der Waals surface area contributed by atoms with Gasteiger partial charge in [-0.25, -0.2) is 0 Å². The van der Waals surface area contributed by atoms with Gasteiger partial charge in [0, 0.05) is 24.9 Å². The van der Waals surface area contributed by atoms with Crippen LogP contribution in [0.3, 0.4) is 0 Å². The molecule has 0 aromatic heterocycles. The molecule has 1 saturated carbocycles. The standard InChI is InChI=1S/C12H25NOS/c1-10(2)12(11-4-5-11)13-6-9-15-8-3-7-14/h10-14H,3-9H2,1-2H3. The molecule has 1 aliphatic rings. The van der Waals surface area contributed by atoms with Crippen LogP contribution in [-0.4, -0.2) is 35.8 Å². The SMILES string of the molecule is CC(C)C(NCCSCCCO)C1CC1. The van der Waals surface area contributed by atoms with Gasteiger partial charge >= 0.3 is 0 Å². The van der Waals surface area contributed by atoms with E-state index in [0.29, 0.717) is 6.61 Å². The predicted octanol–water partition coefficient (Wildman–Crippen LogP) is 2.13. The summed E-state index contributed by atoms with van der Waals surface area (Å²) in [5.41, 5.74) is 0. The Hall–Kier alpha value is 0.270. The van der Waals surface area contributed by atoms with E-state index in [4.69, 9.17) is 5.11 Å². The molecule has 0 aliphatic heterocycles. The Morgan fingerprint density at radius 1 is 1.33 bits per heavy atom. The lowest BCUT2D eigenvalue weighted by molar-refractivity contribution is 0.296. The van der Waals surface area contributed by atoms with Crippen LogP contribution in [0.5, 0.6) is 0 Å². The highest BCUT2D eigenvalue weighted by atomic mass is 32.2. The molecule has 2 N–H and O–H groups in total. The lowest BCUT2D eigenvalue weighted by Gasteiger charge is -2.22. The normalized spacial score (nSPS) is 18.4. The quantitative estimate of drug-likeness (QED) is 0.596. The van der Waals surface area contributed by atoms with E-state index >= 15 is 0 Å². The van der Waals surface area contributed by atoms with E-state index in [9.17, 15) is 0 Å². The average molecular weight is 231 g/mol. The molecular formula is C12H25NOS. The third-order valence-electron chi connectivity index (χ3n) is 2.92. The van der Waals surface area contributed by atoms with Crippen molar-refractivity contribution in [2.24, 2.45) is 11.8 Å². The molecule has 0 radical (unpaired) electrons. The zero-order valence-corrected chi connectivity index (χ0v) is 10.9. The lowest BCUT2D eigenvalue weighted by atomic mass is 10.00. The summed E-state index contributed by atoms with van der Waals surface area (Å²) in [5.74, 6) is 3.98. The highest BCUT2D eigenvalue weighted by Crippen LogP contribution is 2.35. The van der Waals surface area contributed by atoms with Crippen molar-refractivity contribution in [3.05, 3.63) is 0 Å². The third kappa shape index (κ3) is 5.79. The molecule has 3 heteroatoms. The van der Waals surface area contributed by atoms with Gasteiger partial charge in [0.25, 0.3) is 0 Å². The van der Waals surface area contributed by atoms with Crippen molar-refractivity contribution in [3.8, 4) is 0 Å². The molecule has 0 saturated heterocycles. The van der Waals surface area contributed by atoms with E-state index in [1.54, 1.807) is 0 Å². The van der Waals surface area contributed by atoms with Gasteiger partial charge in [0.15, 0.2) is 0 Å². The van der Waals surface area contributed by atoms with Gasteiger partial charge in [-0.3, -0.25) is 0 Å². The number of rotatable bonds is 9. The summed E-state index contributed by atoms with van der Waals surface area (Å²) in [5, 5.41) is 12.3. The van der Waals surface area contributed by atoms with E-state index in [0.717, 1.165) is 36.6 Å². The van der Waals surface area contributed by atoms with E-state index < -0.39 is 0 Å². The second-order valence-corrected chi connectivity index (χ2v) is 5.98. The van der Waals surface area contributed by atoms with Crippen LogP contribution in [0, 0.1) is 11.8 Å². The van der Waals surface area contributed by atoms with Crippen molar-refractivity contribution in [2.45, 2.75) is 39.2 Å². The van der Waals surface area contributed by atoms with Gasteiger partial charge in [-0.2, -0.15) is 11.8 Å². The van der Waals surface area contributed by atoms with Gasteiger partial charge in [0.2, 0.25) is 0 Å². The maximum absolute atomic E-state index is 8.64. The van der Waals surface area contributed by atoms with E-state index in [2.05, 4.69) is 19.2 Å². The number of aliphatic hydroxyl groups excluding tert-OH is 1. The van der Waals surface area contributed by atoms with Crippen LogP contribution in [0.25, 0.3) is 0 Å². The fraction of sp³-hybridized carbons (Fsp3) is 1.00. The zero-order chi connectivity index (χ0) is 11.1. The van der Waals surface area contributed by atoms with Crippen LogP contribution >= 0.6 is 11.8 Å². The van der Waals surface area contributed by atoms with Crippen LogP contribution in [-0.2, 0) is 0 Å². The molecule has 0 aromatic rings. The Balaban J connectivity index is 1.97. The summed E-state index contributed by atoms with van der Waals surface area (Å²) in [6, 6.07) is 0.739. The summed E-state index contributed by atoms with van der Waals surface area (Å²) in [6.45, 7) is 6.08. The van der Waals surface area contributed by atoms with Gasteiger partial charge in [0.1, 0.15) is 0 Å². The topological polar surface area (TPSA) is 32.3 Å². The molecular weight excluding hydrogens is 206 g/mol. The first-order valence-electron chi connectivity index (χ1n) is 6.17. The van der Waals surface area contributed by atoms with Crippen molar-refractivity contribution in [2.75, 3.05) is 24.7 Å². The first-order valence-corrected chi connectivity index (χ1v) is 7.33. The highest BCUT2D eigenvalue weighted by molar-refractivity contribution is 7.99. The Morgan fingerprint density at radius 2 is 2.07 bits per heavy atom. The van der Waals surface area contributed by atoms with Crippen molar-refractivity contribution in [3.63, 3.8) is 0 Å². The van der Waals surface area contributed by atoms with Crippen LogP contribution in [0.15, 0.2) is 0 Å². The lowest BCUT2D eigenvalue weighted by Crippen LogP contribution is -2.37. The van der Waals surface area contributed by atoms with Gasteiger partial charge < -0.3 is 10.4 Å². The Bertz CT molecular complexity index is 158. The third-order valence-corrected chi connectivity index (χ3v) is 3.99. The first-order chi connectivity index (χ1) is 7.25. The first kappa shape index (κ1) is 13.3. The maximum Gasteiger partial charge on any atom is 0.0438 e. The smallest absolute Gasteiger partial charge is 0.0438 e. The molecule has 90 valence electrons. The van der Waals surface area contributed by atoms with Crippen molar-refractivity contribution in [1.82, 2.24) is 5.32 Å². The Morgan fingerprint density at radius 3 is 2.60 bits per heavy atom. The molecule has 2 nitrogen and oxygen atoms in total. The second kappa shape index (κ2) is 7.53. The number of thioether (sulfide) groups is 1. The van der Waals surface area contributed by atoms with Crippen LogP contribution in [0.1, 0.15) is 33.1 Å². The Labute approximate surface area is 98.2 Å². The fourth-order valence-corrected chi connectivity index (χ4v) is 2.77. The minimum Gasteiger partial charge on any atom is -0.396 e. The van der Waals surface area contributed by atoms with Crippen LogP contribution in [0.4, 0.5) is 0 Å². The van der Waals surface area contributed by atoms with E-state index in [-0.39, 0.29) is 0 Å². The number of hydrogen-bond acceptors (Lipinski definition) is 3. The number of aliphatic hydroxyl groups is 1. The molecule has 0 heterocycles. The van der Waals surface area contributed by atoms with Gasteiger partial charge in [-0.1, -0.05) is 13.8 Å². The summed E-state index contributed by atoms with van der Waals surface area (Å²) >= 11 is 1.94. The minimum atomic E-state index is 0.330. The maximum atomic E-state index is 8.64. The molecule has 1 rings (SSSR count). The molecule has 1 unspecified atom stereocenters. The highest BCUT2D eigenvalue weighted by Gasteiger charge is 2.32. The Kier molecular flexibility index (Phi) is 6.69. The monoisotopic (exact) mass is 231 g/mol. The van der Waals surface area contributed by atoms with Gasteiger partial charge in [-0.05, 0) is 36.9 Å². The molecule has 1 aliphatic carbocycles.